The van der Waals surface area contributed by atoms with Gasteiger partial charge in [0.15, 0.2) is 5.78 Å². The van der Waals surface area contributed by atoms with Crippen molar-refractivity contribution in [2.75, 3.05) is 0 Å². The molecule has 0 radical (unpaired) electrons. The maximum Gasteiger partial charge on any atom is 0.155 e. The Bertz CT molecular complexity index is 744. The second-order valence-corrected chi connectivity index (χ2v) is 13.0. The second-order valence-electron chi connectivity index (χ2n) is 13.0. The first-order chi connectivity index (χ1) is 14.6. The molecule has 0 amide bonds. The van der Waals surface area contributed by atoms with Crippen molar-refractivity contribution in [1.82, 2.24) is 0 Å². The summed E-state index contributed by atoms with van der Waals surface area (Å²) in [4.78, 5) is 12.3. The number of allylic oxidation sites excluding steroid dienone is 2. The Hall–Kier alpha value is -0.850. The molecule has 0 saturated heterocycles. The van der Waals surface area contributed by atoms with E-state index in [9.17, 15) is 4.79 Å². The summed E-state index contributed by atoms with van der Waals surface area (Å²) in [5.74, 6) is 5.90. The first kappa shape index (κ1) is 23.3. The lowest BCUT2D eigenvalue weighted by molar-refractivity contribution is -0.118. The molecule has 3 saturated carbocycles. The molecule has 0 bridgehead atoms. The van der Waals surface area contributed by atoms with Gasteiger partial charge in [-0.2, -0.15) is 0 Å². The molecule has 3 fully saturated rings. The molecule has 1 nitrogen and oxygen atoms in total. The van der Waals surface area contributed by atoms with Crippen LogP contribution in [0.5, 0.6) is 0 Å². The Labute approximate surface area is 192 Å². The van der Waals surface area contributed by atoms with E-state index in [1.807, 2.05) is 0 Å². The maximum atomic E-state index is 12.3. The molecule has 1 heteroatoms. The van der Waals surface area contributed by atoms with Crippen LogP contribution in [0.3, 0.4) is 0 Å². The summed E-state index contributed by atoms with van der Waals surface area (Å²) in [7, 11) is 0. The van der Waals surface area contributed by atoms with Gasteiger partial charge >= 0.3 is 0 Å². The Morgan fingerprint density at radius 2 is 1.84 bits per heavy atom. The SMILES string of the molecule is C=C(C)C1CC2=CC(=O)CC[C@]2(C)[C@H]2CC[C@]3(C)[C@@H]([C@H](C)CCCC(C)C)CC[C@H]3[C@H]12. The Kier molecular flexibility index (Phi) is 6.39. The summed E-state index contributed by atoms with van der Waals surface area (Å²) < 4.78 is 0. The van der Waals surface area contributed by atoms with Gasteiger partial charge < -0.3 is 0 Å². The minimum Gasteiger partial charge on any atom is -0.295 e. The van der Waals surface area contributed by atoms with E-state index in [2.05, 4.69) is 54.2 Å². The third kappa shape index (κ3) is 3.91. The lowest BCUT2D eigenvalue weighted by Gasteiger charge is -2.61. The largest absolute Gasteiger partial charge is 0.295 e. The van der Waals surface area contributed by atoms with Crippen molar-refractivity contribution in [3.8, 4) is 0 Å². The van der Waals surface area contributed by atoms with Crippen molar-refractivity contribution in [2.24, 2.45) is 52.3 Å². The van der Waals surface area contributed by atoms with Crippen LogP contribution in [0.4, 0.5) is 0 Å². The molecule has 174 valence electrons. The van der Waals surface area contributed by atoms with Gasteiger partial charge in [0, 0.05) is 6.42 Å². The number of hydrogen-bond acceptors (Lipinski definition) is 1. The monoisotopic (exact) mass is 424 g/mol. The van der Waals surface area contributed by atoms with E-state index in [4.69, 9.17) is 0 Å². The molecule has 0 N–H and O–H groups in total. The Balaban J connectivity index is 1.60. The normalized spacial score (nSPS) is 43.1. The summed E-state index contributed by atoms with van der Waals surface area (Å²) in [6.07, 6.45) is 14.8. The molecule has 31 heavy (non-hydrogen) atoms. The fraction of sp³-hybridized carbons (Fsp3) is 0.833. The van der Waals surface area contributed by atoms with E-state index in [0.29, 0.717) is 17.1 Å². The third-order valence-corrected chi connectivity index (χ3v) is 10.8. The molecule has 0 aromatic heterocycles. The molecule has 0 aliphatic heterocycles. The van der Waals surface area contributed by atoms with Gasteiger partial charge in [0.05, 0.1) is 0 Å². The number of ketones is 1. The smallest absolute Gasteiger partial charge is 0.155 e. The number of rotatable bonds is 6. The van der Waals surface area contributed by atoms with Crippen molar-refractivity contribution >= 4 is 5.78 Å². The third-order valence-electron chi connectivity index (χ3n) is 10.8. The van der Waals surface area contributed by atoms with E-state index < -0.39 is 0 Å². The summed E-state index contributed by atoms with van der Waals surface area (Å²) in [6.45, 7) is 19.2. The fourth-order valence-electron chi connectivity index (χ4n) is 9.09. The van der Waals surface area contributed by atoms with Crippen LogP contribution in [0.1, 0.15) is 106 Å². The topological polar surface area (TPSA) is 17.1 Å². The van der Waals surface area contributed by atoms with Crippen molar-refractivity contribution in [3.05, 3.63) is 23.8 Å². The van der Waals surface area contributed by atoms with Crippen LogP contribution in [-0.4, -0.2) is 5.78 Å². The molecule has 0 aromatic carbocycles. The van der Waals surface area contributed by atoms with Crippen LogP contribution >= 0.6 is 0 Å². The highest BCUT2D eigenvalue weighted by Crippen LogP contribution is 2.69. The predicted molar refractivity (Wildman–Crippen MR) is 132 cm³/mol. The zero-order valence-electron chi connectivity index (χ0n) is 21.3. The van der Waals surface area contributed by atoms with E-state index in [1.165, 1.54) is 56.1 Å². The average Bonchev–Trinajstić information content (AvgIpc) is 3.05. The van der Waals surface area contributed by atoms with Crippen LogP contribution in [0, 0.1) is 52.3 Å². The van der Waals surface area contributed by atoms with Gasteiger partial charge in [0.25, 0.3) is 0 Å². The fourth-order valence-corrected chi connectivity index (χ4v) is 9.09. The number of hydrogen-bond donors (Lipinski definition) is 0. The van der Waals surface area contributed by atoms with Crippen LogP contribution in [0.15, 0.2) is 23.8 Å². The van der Waals surface area contributed by atoms with Gasteiger partial charge in [0.2, 0.25) is 0 Å². The zero-order valence-corrected chi connectivity index (χ0v) is 21.3. The highest BCUT2D eigenvalue weighted by molar-refractivity contribution is 5.91. The van der Waals surface area contributed by atoms with Gasteiger partial charge in [0.1, 0.15) is 0 Å². The van der Waals surface area contributed by atoms with Gasteiger partial charge in [-0.05, 0) is 104 Å². The standard InChI is InChI=1S/C30H48O/c1-19(2)9-8-10-21(5)25-11-12-26-28-24(20(3)4)18-22-17-23(31)13-15-29(22,6)27(28)14-16-30(25,26)7/h17,19,21,24-28H,3,8-16,18H2,1-2,4-7H3/t21-,24?,25-,26+,27+,28+,29+,30-/m1/s1. The van der Waals surface area contributed by atoms with E-state index in [1.54, 1.807) is 0 Å². The minimum absolute atomic E-state index is 0.257. The van der Waals surface area contributed by atoms with E-state index in [-0.39, 0.29) is 5.41 Å². The molecule has 4 aliphatic rings. The van der Waals surface area contributed by atoms with Gasteiger partial charge in [-0.15, -0.1) is 0 Å². The molecule has 0 heterocycles. The van der Waals surface area contributed by atoms with E-state index in [0.717, 1.165) is 54.8 Å². The molecule has 0 aromatic rings. The highest BCUT2D eigenvalue weighted by atomic mass is 16.1. The molecule has 1 unspecified atom stereocenters. The molecular weight excluding hydrogens is 376 g/mol. The van der Waals surface area contributed by atoms with E-state index >= 15 is 0 Å². The van der Waals surface area contributed by atoms with Crippen molar-refractivity contribution < 1.29 is 4.79 Å². The lowest BCUT2D eigenvalue weighted by atomic mass is 9.43. The van der Waals surface area contributed by atoms with Crippen molar-refractivity contribution in [2.45, 2.75) is 106 Å². The van der Waals surface area contributed by atoms with Crippen LogP contribution in [0.25, 0.3) is 0 Å². The lowest BCUT2D eigenvalue weighted by Crippen LogP contribution is -2.54. The molecule has 4 rings (SSSR count). The number of fused-ring (bicyclic) bond motifs is 5. The number of carbonyl (C=O) groups is 1. The van der Waals surface area contributed by atoms with Gasteiger partial charge in [-0.3, -0.25) is 4.79 Å². The van der Waals surface area contributed by atoms with Crippen molar-refractivity contribution in [3.63, 3.8) is 0 Å². The summed E-state index contributed by atoms with van der Waals surface area (Å²) in [5, 5.41) is 0. The maximum absolute atomic E-state index is 12.3. The van der Waals surface area contributed by atoms with Gasteiger partial charge in [-0.1, -0.05) is 71.6 Å². The predicted octanol–water partition coefficient (Wildman–Crippen LogP) is 8.40. The van der Waals surface area contributed by atoms with Gasteiger partial charge in [-0.25, -0.2) is 0 Å². The summed E-state index contributed by atoms with van der Waals surface area (Å²) in [6, 6.07) is 0. The average molecular weight is 425 g/mol. The van der Waals surface area contributed by atoms with Crippen LogP contribution in [0.2, 0.25) is 0 Å². The minimum atomic E-state index is 0.257. The molecule has 0 spiro atoms. The first-order valence-corrected chi connectivity index (χ1v) is 13.5. The van der Waals surface area contributed by atoms with Crippen molar-refractivity contribution in [1.29, 1.82) is 0 Å². The first-order valence-electron chi connectivity index (χ1n) is 13.5. The quantitative estimate of drug-likeness (QED) is 0.391. The van der Waals surface area contributed by atoms with Crippen LogP contribution < -0.4 is 0 Å². The number of carbonyl (C=O) groups excluding carboxylic acids is 1. The molecular formula is C30H48O. The zero-order chi connectivity index (χ0) is 22.6. The Morgan fingerprint density at radius 3 is 2.52 bits per heavy atom. The summed E-state index contributed by atoms with van der Waals surface area (Å²) >= 11 is 0. The molecule has 8 atom stereocenters. The second kappa shape index (κ2) is 8.49. The Morgan fingerprint density at radius 1 is 1.10 bits per heavy atom. The van der Waals surface area contributed by atoms with Crippen LogP contribution in [-0.2, 0) is 4.79 Å². The highest BCUT2D eigenvalue weighted by Gasteiger charge is 2.61. The molecule has 4 aliphatic carbocycles. The summed E-state index contributed by atoms with van der Waals surface area (Å²) in [5.41, 5.74) is 3.60.